The second kappa shape index (κ2) is 19.6. The average Bonchev–Trinajstić information content (AvgIpc) is 2.95. The van der Waals surface area contributed by atoms with Crippen molar-refractivity contribution in [1.82, 2.24) is 0 Å². The summed E-state index contributed by atoms with van der Waals surface area (Å²) >= 11 is -2.27. The fourth-order valence-corrected chi connectivity index (χ4v) is 5.48. The van der Waals surface area contributed by atoms with E-state index in [-0.39, 0.29) is 0 Å². The Hall–Kier alpha value is -2.50. The number of rotatable bonds is 21. The SMILES string of the molecule is c1ccc(OCCCCO[As](OCCCCOc2ccccc2)OCCCCOc2ccccc2)cc1. The molecule has 0 unspecified atom stereocenters. The van der Waals surface area contributed by atoms with Gasteiger partial charge in [-0.05, 0) is 0 Å². The van der Waals surface area contributed by atoms with Crippen LogP contribution < -0.4 is 14.2 Å². The normalized spacial score (nSPS) is 10.9. The average molecular weight is 571 g/mol. The Bertz CT molecular complexity index is 791. The molecule has 37 heavy (non-hydrogen) atoms. The van der Waals surface area contributed by atoms with E-state index in [2.05, 4.69) is 0 Å². The molecule has 0 spiro atoms. The molecular formula is C30H39AsO6. The van der Waals surface area contributed by atoms with Gasteiger partial charge in [-0.25, -0.2) is 0 Å². The molecular weight excluding hydrogens is 531 g/mol. The van der Waals surface area contributed by atoms with E-state index >= 15 is 0 Å². The molecule has 0 aliphatic heterocycles. The van der Waals surface area contributed by atoms with Crippen molar-refractivity contribution in [2.75, 3.05) is 39.6 Å². The molecule has 3 aromatic carbocycles. The van der Waals surface area contributed by atoms with E-state index in [1.165, 1.54) is 0 Å². The number of hydrogen-bond donors (Lipinski definition) is 0. The van der Waals surface area contributed by atoms with Crippen LogP contribution in [0.15, 0.2) is 91.0 Å². The summed E-state index contributed by atoms with van der Waals surface area (Å²) < 4.78 is 35.3. The molecule has 0 fully saturated rings. The Kier molecular flexibility index (Phi) is 15.4. The first-order valence-electron chi connectivity index (χ1n) is 13.1. The molecule has 0 atom stereocenters. The molecule has 6 nitrogen and oxygen atoms in total. The van der Waals surface area contributed by atoms with Crippen molar-refractivity contribution in [1.29, 1.82) is 0 Å². The second-order valence-electron chi connectivity index (χ2n) is 8.33. The maximum atomic E-state index is 6.03. The zero-order valence-electron chi connectivity index (χ0n) is 21.5. The monoisotopic (exact) mass is 570 g/mol. The van der Waals surface area contributed by atoms with Gasteiger partial charge in [0, 0.05) is 0 Å². The molecule has 0 aliphatic rings. The Morgan fingerprint density at radius 2 is 0.622 bits per heavy atom. The third kappa shape index (κ3) is 14.1. The molecule has 0 radical (unpaired) electrons. The summed E-state index contributed by atoms with van der Waals surface area (Å²) in [5.74, 6) is 2.70. The van der Waals surface area contributed by atoms with Crippen molar-refractivity contribution in [3.63, 3.8) is 0 Å². The summed E-state index contributed by atoms with van der Waals surface area (Å²) in [6, 6.07) is 29.6. The van der Waals surface area contributed by atoms with Crippen LogP contribution in [-0.2, 0) is 11.2 Å². The van der Waals surface area contributed by atoms with Crippen LogP contribution in [0.25, 0.3) is 0 Å². The quantitative estimate of drug-likeness (QED) is 0.106. The van der Waals surface area contributed by atoms with Gasteiger partial charge in [-0.1, -0.05) is 0 Å². The van der Waals surface area contributed by atoms with E-state index in [1.54, 1.807) is 0 Å². The zero-order valence-corrected chi connectivity index (χ0v) is 23.4. The molecule has 0 aromatic heterocycles. The molecule has 0 N–H and O–H groups in total. The molecule has 0 heterocycles. The number of unbranched alkanes of at least 4 members (excludes halogenated alkanes) is 3. The van der Waals surface area contributed by atoms with Gasteiger partial charge in [0.05, 0.1) is 0 Å². The second-order valence-corrected chi connectivity index (χ2v) is 10.9. The molecule has 0 bridgehead atoms. The van der Waals surface area contributed by atoms with Gasteiger partial charge in [-0.3, -0.25) is 0 Å². The number of ether oxygens (including phenoxy) is 3. The molecule has 0 saturated heterocycles. The van der Waals surface area contributed by atoms with Crippen molar-refractivity contribution in [3.8, 4) is 17.2 Å². The van der Waals surface area contributed by atoms with Gasteiger partial charge in [0.2, 0.25) is 0 Å². The van der Waals surface area contributed by atoms with E-state index < -0.39 is 15.7 Å². The van der Waals surface area contributed by atoms with Gasteiger partial charge in [-0.15, -0.1) is 0 Å². The minimum atomic E-state index is -2.27. The molecule has 0 aliphatic carbocycles. The molecule has 200 valence electrons. The van der Waals surface area contributed by atoms with Crippen molar-refractivity contribution >= 4 is 15.7 Å². The first-order chi connectivity index (χ1) is 18.4. The first-order valence-corrected chi connectivity index (χ1v) is 15.4. The van der Waals surface area contributed by atoms with Gasteiger partial charge < -0.3 is 0 Å². The van der Waals surface area contributed by atoms with E-state index in [0.717, 1.165) is 55.8 Å². The maximum absolute atomic E-state index is 6.03. The van der Waals surface area contributed by atoms with Crippen LogP contribution >= 0.6 is 0 Å². The summed E-state index contributed by atoms with van der Waals surface area (Å²) in [6.07, 6.45) is 5.47. The molecule has 3 aromatic rings. The fraction of sp³-hybridized carbons (Fsp3) is 0.400. The number of hydrogen-bond acceptors (Lipinski definition) is 6. The van der Waals surface area contributed by atoms with Crippen LogP contribution in [0.2, 0.25) is 0 Å². The van der Waals surface area contributed by atoms with Crippen LogP contribution in [0.5, 0.6) is 17.2 Å². The van der Waals surface area contributed by atoms with Crippen molar-refractivity contribution in [2.24, 2.45) is 0 Å². The third-order valence-corrected chi connectivity index (χ3v) is 7.72. The first kappa shape index (κ1) is 29.1. The van der Waals surface area contributed by atoms with Gasteiger partial charge in [0.15, 0.2) is 0 Å². The Morgan fingerprint density at radius 3 is 0.919 bits per heavy atom. The summed E-state index contributed by atoms with van der Waals surface area (Å²) in [5, 5.41) is 0. The van der Waals surface area contributed by atoms with E-state index in [0.29, 0.717) is 39.6 Å². The number of para-hydroxylation sites is 3. The van der Waals surface area contributed by atoms with Gasteiger partial charge in [-0.2, -0.15) is 0 Å². The number of benzene rings is 3. The summed E-state index contributed by atoms with van der Waals surface area (Å²) in [7, 11) is 0. The predicted octanol–water partition coefficient (Wildman–Crippen LogP) is 6.60. The van der Waals surface area contributed by atoms with Crippen molar-refractivity contribution in [3.05, 3.63) is 91.0 Å². The summed E-state index contributed by atoms with van der Waals surface area (Å²) in [4.78, 5) is 0. The minimum absolute atomic E-state index is 0.617. The van der Waals surface area contributed by atoms with Crippen LogP contribution in [0, 0.1) is 0 Å². The van der Waals surface area contributed by atoms with Crippen LogP contribution in [0.4, 0.5) is 0 Å². The van der Waals surface area contributed by atoms with E-state index in [4.69, 9.17) is 25.4 Å². The Labute approximate surface area is 227 Å². The van der Waals surface area contributed by atoms with E-state index in [9.17, 15) is 0 Å². The van der Waals surface area contributed by atoms with Crippen LogP contribution in [-0.4, -0.2) is 55.3 Å². The van der Waals surface area contributed by atoms with Gasteiger partial charge >= 0.3 is 227 Å². The van der Waals surface area contributed by atoms with Crippen LogP contribution in [0.3, 0.4) is 0 Å². The molecule has 0 amide bonds. The fourth-order valence-electron chi connectivity index (χ4n) is 3.26. The Morgan fingerprint density at radius 1 is 0.351 bits per heavy atom. The van der Waals surface area contributed by atoms with Gasteiger partial charge in [0.25, 0.3) is 0 Å². The standard InChI is InChI=1S/C30H39AsO6/c1-4-16-28(17-5-1)32-22-10-13-25-35-31(36-26-14-11-23-33-29-18-6-2-7-19-29)37-27-15-12-24-34-30-20-8-3-9-21-30/h1-9,16-21H,10-15,22-27H2. The molecule has 0 saturated carbocycles. The van der Waals surface area contributed by atoms with E-state index in [1.807, 2.05) is 91.0 Å². The third-order valence-electron chi connectivity index (χ3n) is 5.24. The van der Waals surface area contributed by atoms with Crippen LogP contribution in [0.1, 0.15) is 38.5 Å². The summed E-state index contributed by atoms with van der Waals surface area (Å²) in [5.41, 5.74) is 0. The molecule has 7 heteroatoms. The summed E-state index contributed by atoms with van der Waals surface area (Å²) in [6.45, 7) is 3.87. The zero-order chi connectivity index (χ0) is 25.6. The van der Waals surface area contributed by atoms with Crippen molar-refractivity contribution < 1.29 is 25.4 Å². The Balaban J connectivity index is 1.26. The topological polar surface area (TPSA) is 55.4 Å². The predicted molar refractivity (Wildman–Crippen MR) is 147 cm³/mol. The van der Waals surface area contributed by atoms with Crippen molar-refractivity contribution in [2.45, 2.75) is 38.5 Å². The van der Waals surface area contributed by atoms with Gasteiger partial charge in [0.1, 0.15) is 0 Å². The molecule has 3 rings (SSSR count).